The van der Waals surface area contributed by atoms with Crippen LogP contribution in [0.15, 0.2) is 102 Å². The summed E-state index contributed by atoms with van der Waals surface area (Å²) in [4.78, 5) is 30.5. The van der Waals surface area contributed by atoms with Crippen molar-refractivity contribution < 1.29 is 23.8 Å². The number of pyridine rings is 1. The molecule has 5 aromatic rings. The Morgan fingerprint density at radius 2 is 1.73 bits per heavy atom. The highest BCUT2D eigenvalue weighted by atomic mass is 28.4. The molecule has 0 aliphatic carbocycles. The monoisotopic (exact) mass is 816 g/mol. The molecule has 3 aliphatic rings. The van der Waals surface area contributed by atoms with E-state index in [-0.39, 0.29) is 34.6 Å². The van der Waals surface area contributed by atoms with Crippen LogP contribution < -0.4 is 20.9 Å². The smallest absolute Gasteiger partial charge is 0.411 e. The Hall–Kier alpha value is -4.94. The van der Waals surface area contributed by atoms with Crippen molar-refractivity contribution in [1.82, 2.24) is 15.2 Å². The number of hydrogen-bond donors (Lipinski definition) is 4. The van der Waals surface area contributed by atoms with Gasteiger partial charge in [-0.15, -0.1) is 0 Å². The summed E-state index contributed by atoms with van der Waals surface area (Å²) in [5.41, 5.74) is 6.12. The number of carbonyl (C=O) groups is 1. The second-order valence-electron chi connectivity index (χ2n) is 17.7. The molecule has 312 valence electrons. The number of ether oxygens (including phenoxy) is 2. The third kappa shape index (κ3) is 10.6. The number of unbranched alkanes of at least 4 members (excludes halogenated alkanes) is 1. The van der Waals surface area contributed by atoms with Crippen LogP contribution in [0, 0.1) is 5.92 Å². The number of rotatable bonds is 16. The molecule has 10 nitrogen and oxygen atoms in total. The van der Waals surface area contributed by atoms with Crippen LogP contribution in [0.1, 0.15) is 69.2 Å². The zero-order valence-electron chi connectivity index (χ0n) is 35.2. The highest BCUT2D eigenvalue weighted by Gasteiger charge is 2.40. The minimum absolute atomic E-state index is 0.00659. The summed E-state index contributed by atoms with van der Waals surface area (Å²) in [7, 11) is -2.20. The number of benzene rings is 4. The SMILES string of the molecule is CC(C)(C)[Si](C)(C)OC(CNCc1cccc(OCCCCc2ccc(-c3ccccc3)c(NC(=O)O[C@H]3CN4CCC3CC4)c2)c1)c1ccc(O)c2[nH]c(=O)ccc12. The average Bonchev–Trinajstić information content (AvgIpc) is 3.21. The van der Waals surface area contributed by atoms with Crippen LogP contribution in [0.25, 0.3) is 22.0 Å². The van der Waals surface area contributed by atoms with E-state index in [2.05, 4.69) is 96.8 Å². The third-order valence-electron chi connectivity index (χ3n) is 12.4. The van der Waals surface area contributed by atoms with Crippen LogP contribution >= 0.6 is 0 Å². The van der Waals surface area contributed by atoms with Gasteiger partial charge in [-0.3, -0.25) is 15.0 Å². The van der Waals surface area contributed by atoms with Crippen LogP contribution in [0.5, 0.6) is 11.5 Å². The molecule has 4 N–H and O–H groups in total. The number of aromatic nitrogens is 1. The van der Waals surface area contributed by atoms with Gasteiger partial charge < -0.3 is 29.3 Å². The molecule has 4 aromatic carbocycles. The first-order valence-electron chi connectivity index (χ1n) is 21.2. The zero-order chi connectivity index (χ0) is 41.6. The molecule has 59 heavy (non-hydrogen) atoms. The molecule has 0 saturated carbocycles. The van der Waals surface area contributed by atoms with Crippen LogP contribution in [0.4, 0.5) is 10.5 Å². The van der Waals surface area contributed by atoms with Gasteiger partial charge in [-0.25, -0.2) is 4.79 Å². The lowest BCUT2D eigenvalue weighted by Crippen LogP contribution is -2.52. The van der Waals surface area contributed by atoms with E-state index in [0.717, 1.165) is 96.4 Å². The van der Waals surface area contributed by atoms with Crippen molar-refractivity contribution in [2.45, 2.75) is 89.8 Å². The minimum Gasteiger partial charge on any atom is -0.506 e. The zero-order valence-corrected chi connectivity index (χ0v) is 36.2. The summed E-state index contributed by atoms with van der Waals surface area (Å²) < 4.78 is 19.2. The van der Waals surface area contributed by atoms with Gasteiger partial charge in [0.05, 0.1) is 23.9 Å². The highest BCUT2D eigenvalue weighted by molar-refractivity contribution is 6.74. The number of aromatic hydroxyl groups is 1. The van der Waals surface area contributed by atoms with Gasteiger partial charge in [0, 0.05) is 36.7 Å². The molecule has 2 atom stereocenters. The maximum absolute atomic E-state index is 13.2. The number of nitrogens with one attached hydrogen (secondary N) is 3. The quantitative estimate of drug-likeness (QED) is 0.0574. The van der Waals surface area contributed by atoms with Crippen LogP contribution in [-0.4, -0.2) is 68.3 Å². The van der Waals surface area contributed by atoms with E-state index >= 15 is 0 Å². The fourth-order valence-electron chi connectivity index (χ4n) is 8.04. The second-order valence-corrected chi connectivity index (χ2v) is 22.4. The standard InChI is InChI=1S/C48H60N4O6Si/c1-48(2,3)59(4,5)58-43(39-19-21-42(53)46-40(39)20-22-45(54)51-46)31-49-30-34-13-11-16-37(28-34)56-27-10-9-12-33-17-18-38(35-14-7-6-8-15-35)41(29-33)50-47(55)57-44-32-52-25-23-36(44)24-26-52/h6-8,11,13-22,28-29,36,43-44,49,53H,9-10,12,23-27,30-32H2,1-5H3,(H,50,55)(H,51,54)/t43?,44-/m0/s1. The first-order valence-corrected chi connectivity index (χ1v) is 24.1. The van der Waals surface area contributed by atoms with E-state index in [1.165, 1.54) is 6.07 Å². The lowest BCUT2D eigenvalue weighted by Gasteiger charge is -2.43. The molecule has 2 bridgehead atoms. The summed E-state index contributed by atoms with van der Waals surface area (Å²) in [5.74, 6) is 1.31. The largest absolute Gasteiger partial charge is 0.506 e. The summed E-state index contributed by atoms with van der Waals surface area (Å²) in [5, 5.41) is 18.0. The molecular formula is C48H60N4O6Si. The highest BCUT2D eigenvalue weighted by Crippen LogP contribution is 2.41. The number of phenols is 1. The van der Waals surface area contributed by atoms with Gasteiger partial charge in [-0.1, -0.05) is 81.4 Å². The maximum atomic E-state index is 13.2. The van der Waals surface area contributed by atoms with E-state index in [4.69, 9.17) is 13.9 Å². The van der Waals surface area contributed by atoms with Crippen molar-refractivity contribution in [2.75, 3.05) is 38.1 Å². The Bertz CT molecular complexity index is 2260. The lowest BCUT2D eigenvalue weighted by atomic mass is 9.86. The molecule has 8 rings (SSSR count). The van der Waals surface area contributed by atoms with Crippen LogP contribution in [0.3, 0.4) is 0 Å². The van der Waals surface area contributed by atoms with Gasteiger partial charge in [0.15, 0.2) is 8.32 Å². The van der Waals surface area contributed by atoms with E-state index in [1.807, 2.05) is 36.4 Å². The first-order chi connectivity index (χ1) is 28.3. The Kier molecular flexibility index (Phi) is 13.3. The Morgan fingerprint density at radius 1 is 0.932 bits per heavy atom. The number of aromatic amines is 1. The number of amides is 1. The number of hydrogen-bond acceptors (Lipinski definition) is 8. The number of piperidine rings is 3. The van der Waals surface area contributed by atoms with Crippen LogP contribution in [0.2, 0.25) is 18.1 Å². The summed E-state index contributed by atoms with van der Waals surface area (Å²) >= 11 is 0. The third-order valence-corrected chi connectivity index (χ3v) is 16.9. The number of aryl methyl sites for hydroxylation is 1. The predicted molar refractivity (Wildman–Crippen MR) is 239 cm³/mol. The van der Waals surface area contributed by atoms with Crippen molar-refractivity contribution >= 4 is 31.0 Å². The van der Waals surface area contributed by atoms with Crippen molar-refractivity contribution in [3.05, 3.63) is 124 Å². The molecule has 11 heteroatoms. The molecule has 1 amide bonds. The van der Waals surface area contributed by atoms with E-state index in [0.29, 0.717) is 31.1 Å². The van der Waals surface area contributed by atoms with E-state index in [1.54, 1.807) is 12.1 Å². The van der Waals surface area contributed by atoms with E-state index < -0.39 is 8.32 Å². The second kappa shape index (κ2) is 18.5. The van der Waals surface area contributed by atoms with Crippen molar-refractivity contribution in [2.24, 2.45) is 5.92 Å². The number of H-pyrrole nitrogens is 1. The van der Waals surface area contributed by atoms with E-state index in [9.17, 15) is 14.7 Å². The summed E-state index contributed by atoms with van der Waals surface area (Å²) in [6.07, 6.45) is 4.13. The minimum atomic E-state index is -2.20. The molecule has 0 radical (unpaired) electrons. The van der Waals surface area contributed by atoms with Crippen molar-refractivity contribution in [3.8, 4) is 22.6 Å². The predicted octanol–water partition coefficient (Wildman–Crippen LogP) is 9.80. The molecule has 3 saturated heterocycles. The van der Waals surface area contributed by atoms with Crippen molar-refractivity contribution in [1.29, 1.82) is 0 Å². The fourth-order valence-corrected chi connectivity index (χ4v) is 9.32. The molecule has 4 heterocycles. The number of fused-ring (bicyclic) bond motifs is 4. The molecule has 0 spiro atoms. The summed E-state index contributed by atoms with van der Waals surface area (Å²) in [6.45, 7) is 15.9. The number of nitrogens with zero attached hydrogens (tertiary/aromatic N) is 1. The lowest BCUT2D eigenvalue weighted by molar-refractivity contribution is -0.0289. The maximum Gasteiger partial charge on any atom is 0.411 e. The Morgan fingerprint density at radius 3 is 2.47 bits per heavy atom. The molecule has 1 unspecified atom stereocenters. The Labute approximate surface area is 349 Å². The van der Waals surface area contributed by atoms with Gasteiger partial charge in [-0.2, -0.15) is 0 Å². The van der Waals surface area contributed by atoms with Gasteiger partial charge in [0.1, 0.15) is 17.6 Å². The van der Waals surface area contributed by atoms with Gasteiger partial charge in [-0.05, 0) is 122 Å². The number of carbonyl (C=O) groups excluding carboxylic acids is 1. The number of anilines is 1. The first kappa shape index (κ1) is 42.2. The van der Waals surface area contributed by atoms with Gasteiger partial charge in [0.2, 0.25) is 5.56 Å². The molecule has 3 aliphatic heterocycles. The van der Waals surface area contributed by atoms with Crippen molar-refractivity contribution in [3.63, 3.8) is 0 Å². The Balaban J connectivity index is 0.932. The molecule has 3 fully saturated rings. The fraction of sp³-hybridized carbons (Fsp3) is 0.417. The average molecular weight is 817 g/mol. The molecule has 1 aromatic heterocycles. The number of phenolic OH excluding ortho intramolecular Hbond substituents is 1. The molecular weight excluding hydrogens is 757 g/mol. The summed E-state index contributed by atoms with van der Waals surface area (Å²) in [6, 6.07) is 31.4. The van der Waals surface area contributed by atoms with Gasteiger partial charge >= 0.3 is 6.09 Å². The van der Waals surface area contributed by atoms with Gasteiger partial charge in [0.25, 0.3) is 0 Å². The topological polar surface area (TPSA) is 125 Å². The van der Waals surface area contributed by atoms with Crippen LogP contribution in [-0.2, 0) is 22.1 Å². The normalized spacial score (nSPS) is 18.4.